The Morgan fingerprint density at radius 3 is 2.88 bits per heavy atom. The van der Waals surface area contributed by atoms with Crippen LogP contribution < -0.4 is 10.5 Å². The van der Waals surface area contributed by atoms with Gasteiger partial charge in [-0.15, -0.1) is 24.8 Å². The third kappa shape index (κ3) is 4.92. The highest BCUT2D eigenvalue weighted by Crippen LogP contribution is 2.30. The maximum atomic E-state index is 12.5. The molecule has 2 unspecified atom stereocenters. The van der Waals surface area contributed by atoms with E-state index < -0.39 is 0 Å². The normalized spacial score (nSPS) is 19.4. The van der Waals surface area contributed by atoms with E-state index in [1.165, 1.54) is 0 Å². The molecule has 1 aromatic carbocycles. The van der Waals surface area contributed by atoms with Crippen molar-refractivity contribution in [3.63, 3.8) is 0 Å². The van der Waals surface area contributed by atoms with Crippen molar-refractivity contribution < 1.29 is 9.53 Å². The molecule has 0 bridgehead atoms. The van der Waals surface area contributed by atoms with E-state index in [0.717, 1.165) is 24.8 Å². The van der Waals surface area contributed by atoms with E-state index >= 15 is 0 Å². The van der Waals surface area contributed by atoms with Crippen molar-refractivity contribution in [2.75, 3.05) is 19.7 Å². The molecular formula is C18H24Cl3N3O2. The van der Waals surface area contributed by atoms with Crippen LogP contribution in [0.5, 0.6) is 5.75 Å². The number of nitrogens with zero attached hydrogens (tertiary/aromatic N) is 2. The van der Waals surface area contributed by atoms with E-state index in [9.17, 15) is 4.79 Å². The first kappa shape index (κ1) is 22.8. The van der Waals surface area contributed by atoms with Gasteiger partial charge in [-0.3, -0.25) is 9.78 Å². The maximum absolute atomic E-state index is 12.5. The van der Waals surface area contributed by atoms with Crippen LogP contribution in [0.25, 0.3) is 10.9 Å². The van der Waals surface area contributed by atoms with Gasteiger partial charge < -0.3 is 15.4 Å². The summed E-state index contributed by atoms with van der Waals surface area (Å²) in [7, 11) is 0. The van der Waals surface area contributed by atoms with Crippen molar-refractivity contribution in [2.24, 2.45) is 11.7 Å². The number of ether oxygens (including phenoxy) is 1. The van der Waals surface area contributed by atoms with Crippen LogP contribution in [0.3, 0.4) is 0 Å². The number of rotatable bonds is 4. The first-order valence-electron chi connectivity index (χ1n) is 8.25. The topological polar surface area (TPSA) is 68.5 Å². The number of halogens is 3. The molecule has 2 atom stereocenters. The fourth-order valence-electron chi connectivity index (χ4n) is 3.25. The van der Waals surface area contributed by atoms with E-state index in [0.29, 0.717) is 28.8 Å². The minimum atomic E-state index is -0.0311. The lowest BCUT2D eigenvalue weighted by atomic mass is 9.92. The molecule has 1 aromatic heterocycles. The van der Waals surface area contributed by atoms with E-state index in [1.54, 1.807) is 18.3 Å². The fourth-order valence-corrected chi connectivity index (χ4v) is 3.47. The number of likely N-dealkylation sites (tertiary alicyclic amines) is 1. The zero-order valence-corrected chi connectivity index (χ0v) is 16.9. The van der Waals surface area contributed by atoms with Crippen molar-refractivity contribution in [2.45, 2.75) is 25.8 Å². The molecule has 0 radical (unpaired) electrons. The summed E-state index contributed by atoms with van der Waals surface area (Å²) in [6, 6.07) is 7.32. The standard InChI is InChI=1S/C18H22ClN3O2.2ClH/c1-12-6-8-22(13(9-12)10-20)17(23)11-24-16-5-4-15(19)14-3-2-7-21-18(14)16;;/h2-5,7,12-13H,6,8-11,20H2,1H3;2*1H. The SMILES string of the molecule is CC1CCN(C(=O)COc2ccc(Cl)c3cccnc23)C(CN)C1.Cl.Cl. The zero-order chi connectivity index (χ0) is 17.1. The van der Waals surface area contributed by atoms with E-state index in [2.05, 4.69) is 11.9 Å². The average molecular weight is 421 g/mol. The Labute approximate surface area is 171 Å². The quantitative estimate of drug-likeness (QED) is 0.819. The van der Waals surface area contributed by atoms with E-state index in [4.69, 9.17) is 22.1 Å². The molecule has 0 spiro atoms. The Morgan fingerprint density at radius 1 is 1.38 bits per heavy atom. The number of hydrogen-bond acceptors (Lipinski definition) is 4. The molecule has 1 amide bonds. The first-order valence-corrected chi connectivity index (χ1v) is 8.63. The largest absolute Gasteiger partial charge is 0.481 e. The number of aromatic nitrogens is 1. The molecule has 3 rings (SSSR count). The Balaban J connectivity index is 0.00000169. The minimum absolute atomic E-state index is 0. The van der Waals surface area contributed by atoms with Crippen LogP contribution in [0.4, 0.5) is 0 Å². The lowest BCUT2D eigenvalue weighted by molar-refractivity contribution is -0.137. The number of fused-ring (bicyclic) bond motifs is 1. The Kier molecular flexibility index (Phi) is 8.90. The number of carbonyl (C=O) groups excluding carboxylic acids is 1. The predicted molar refractivity (Wildman–Crippen MR) is 110 cm³/mol. The van der Waals surface area contributed by atoms with Gasteiger partial charge in [0.25, 0.3) is 5.91 Å². The second-order valence-electron chi connectivity index (χ2n) is 6.34. The van der Waals surface area contributed by atoms with Gasteiger partial charge in [0.15, 0.2) is 6.61 Å². The first-order chi connectivity index (χ1) is 11.6. The zero-order valence-electron chi connectivity index (χ0n) is 14.6. The number of benzene rings is 1. The Hall–Kier alpha value is -1.27. The van der Waals surface area contributed by atoms with Crippen LogP contribution in [0.1, 0.15) is 19.8 Å². The molecule has 5 nitrogen and oxygen atoms in total. The molecule has 1 aliphatic heterocycles. The Morgan fingerprint density at radius 2 is 2.15 bits per heavy atom. The van der Waals surface area contributed by atoms with Gasteiger partial charge in [0.1, 0.15) is 11.3 Å². The predicted octanol–water partition coefficient (Wildman–Crippen LogP) is 3.70. The molecule has 2 aromatic rings. The molecule has 26 heavy (non-hydrogen) atoms. The van der Waals surface area contributed by atoms with Crippen LogP contribution in [-0.4, -0.2) is 41.5 Å². The number of hydrogen-bond donors (Lipinski definition) is 1. The van der Waals surface area contributed by atoms with Crippen molar-refractivity contribution in [1.82, 2.24) is 9.88 Å². The second kappa shape index (κ2) is 10.2. The molecule has 2 heterocycles. The summed E-state index contributed by atoms with van der Waals surface area (Å²) in [5, 5.41) is 1.43. The summed E-state index contributed by atoms with van der Waals surface area (Å²) in [6.07, 6.45) is 3.64. The summed E-state index contributed by atoms with van der Waals surface area (Å²) >= 11 is 6.18. The lowest BCUT2D eigenvalue weighted by Crippen LogP contribution is -2.50. The third-order valence-corrected chi connectivity index (χ3v) is 4.93. The van der Waals surface area contributed by atoms with Crippen molar-refractivity contribution in [1.29, 1.82) is 0 Å². The third-order valence-electron chi connectivity index (χ3n) is 4.60. The van der Waals surface area contributed by atoms with Gasteiger partial charge in [-0.2, -0.15) is 0 Å². The lowest BCUT2D eigenvalue weighted by Gasteiger charge is -2.37. The number of amides is 1. The van der Waals surface area contributed by atoms with E-state index in [1.807, 2.05) is 17.0 Å². The Bertz CT molecular complexity index is 745. The van der Waals surface area contributed by atoms with Crippen LogP contribution >= 0.6 is 36.4 Å². The minimum Gasteiger partial charge on any atom is -0.481 e. The van der Waals surface area contributed by atoms with Crippen molar-refractivity contribution >= 4 is 53.2 Å². The van der Waals surface area contributed by atoms with E-state index in [-0.39, 0.29) is 43.4 Å². The van der Waals surface area contributed by atoms with Gasteiger partial charge in [0, 0.05) is 30.7 Å². The van der Waals surface area contributed by atoms with Crippen LogP contribution in [-0.2, 0) is 4.79 Å². The van der Waals surface area contributed by atoms with Crippen molar-refractivity contribution in [3.8, 4) is 5.75 Å². The van der Waals surface area contributed by atoms with Gasteiger partial charge in [0.05, 0.1) is 5.02 Å². The highest BCUT2D eigenvalue weighted by atomic mass is 35.5. The van der Waals surface area contributed by atoms with Gasteiger partial charge in [-0.1, -0.05) is 18.5 Å². The highest BCUT2D eigenvalue weighted by Gasteiger charge is 2.29. The molecule has 1 saturated heterocycles. The summed E-state index contributed by atoms with van der Waals surface area (Å²) < 4.78 is 5.76. The van der Waals surface area contributed by atoms with Crippen LogP contribution in [0, 0.1) is 5.92 Å². The highest BCUT2D eigenvalue weighted by molar-refractivity contribution is 6.35. The molecule has 144 valence electrons. The summed E-state index contributed by atoms with van der Waals surface area (Å²) in [5.41, 5.74) is 6.50. The molecule has 0 aliphatic carbocycles. The number of pyridine rings is 1. The van der Waals surface area contributed by atoms with Gasteiger partial charge in [0.2, 0.25) is 0 Å². The van der Waals surface area contributed by atoms with Crippen molar-refractivity contribution in [3.05, 3.63) is 35.5 Å². The number of carbonyl (C=O) groups is 1. The second-order valence-corrected chi connectivity index (χ2v) is 6.75. The smallest absolute Gasteiger partial charge is 0.260 e. The molecule has 2 N–H and O–H groups in total. The summed E-state index contributed by atoms with van der Waals surface area (Å²) in [5.74, 6) is 1.14. The maximum Gasteiger partial charge on any atom is 0.260 e. The van der Waals surface area contributed by atoms with Gasteiger partial charge >= 0.3 is 0 Å². The number of piperidine rings is 1. The van der Waals surface area contributed by atoms with Crippen LogP contribution in [0.2, 0.25) is 5.02 Å². The van der Waals surface area contributed by atoms with Gasteiger partial charge in [-0.05, 0) is 43.0 Å². The number of nitrogens with two attached hydrogens (primary N) is 1. The molecule has 1 aliphatic rings. The molecule has 8 heteroatoms. The molecule has 0 saturated carbocycles. The monoisotopic (exact) mass is 419 g/mol. The fraction of sp³-hybridized carbons (Fsp3) is 0.444. The van der Waals surface area contributed by atoms with Crippen LogP contribution in [0.15, 0.2) is 30.5 Å². The summed E-state index contributed by atoms with van der Waals surface area (Å²) in [6.45, 7) is 3.41. The molecule has 1 fully saturated rings. The molecular weight excluding hydrogens is 397 g/mol. The average Bonchev–Trinajstić information content (AvgIpc) is 2.61. The summed E-state index contributed by atoms with van der Waals surface area (Å²) in [4.78, 5) is 18.7. The van der Waals surface area contributed by atoms with Gasteiger partial charge in [-0.25, -0.2) is 0 Å².